The second kappa shape index (κ2) is 5.20. The van der Waals surface area contributed by atoms with Crippen molar-refractivity contribution in [2.24, 2.45) is 5.41 Å². The van der Waals surface area contributed by atoms with E-state index in [2.05, 4.69) is 20.8 Å². The predicted octanol–water partition coefficient (Wildman–Crippen LogP) is 4.40. The molecule has 0 amide bonds. The van der Waals surface area contributed by atoms with Gasteiger partial charge in [-0.25, -0.2) is 0 Å². The molecule has 102 valence electrons. The summed E-state index contributed by atoms with van der Waals surface area (Å²) < 4.78 is 5.20. The maximum Gasteiger partial charge on any atom is 0.189 e. The van der Waals surface area contributed by atoms with Gasteiger partial charge in [-0.1, -0.05) is 31.6 Å². The summed E-state index contributed by atoms with van der Waals surface area (Å²) in [5.74, 6) is 0.888. The molecule has 2 rings (SSSR count). The second-order valence-corrected chi connectivity index (χ2v) is 5.95. The lowest BCUT2D eigenvalue weighted by Crippen LogP contribution is -2.26. The molecule has 19 heavy (non-hydrogen) atoms. The third-order valence-corrected chi connectivity index (χ3v) is 4.02. The van der Waals surface area contributed by atoms with Gasteiger partial charge >= 0.3 is 0 Å². The molecule has 0 atom stereocenters. The number of rotatable bonds is 3. The lowest BCUT2D eigenvalue weighted by Gasteiger charge is -2.33. The van der Waals surface area contributed by atoms with Crippen LogP contribution in [-0.4, -0.2) is 12.9 Å². The molecular formula is C17H22O2. The van der Waals surface area contributed by atoms with E-state index in [0.29, 0.717) is 0 Å². The number of ether oxygens (including phenoxy) is 1. The van der Waals surface area contributed by atoms with Gasteiger partial charge in [-0.15, -0.1) is 0 Å². The summed E-state index contributed by atoms with van der Waals surface area (Å²) in [4.78, 5) is 12.8. The molecule has 1 aliphatic carbocycles. The smallest absolute Gasteiger partial charge is 0.189 e. The van der Waals surface area contributed by atoms with E-state index in [1.807, 2.05) is 24.3 Å². The zero-order chi connectivity index (χ0) is 14.0. The van der Waals surface area contributed by atoms with E-state index in [9.17, 15) is 4.79 Å². The largest absolute Gasteiger partial charge is 0.497 e. The van der Waals surface area contributed by atoms with Gasteiger partial charge in [0.1, 0.15) is 5.75 Å². The van der Waals surface area contributed by atoms with Crippen LogP contribution >= 0.6 is 0 Å². The molecule has 0 unspecified atom stereocenters. The van der Waals surface area contributed by atoms with E-state index in [1.54, 1.807) is 7.11 Å². The van der Waals surface area contributed by atoms with Gasteiger partial charge in [0.2, 0.25) is 0 Å². The van der Waals surface area contributed by atoms with E-state index in [0.717, 1.165) is 29.7 Å². The second-order valence-electron chi connectivity index (χ2n) is 5.95. The van der Waals surface area contributed by atoms with Crippen LogP contribution in [0.2, 0.25) is 0 Å². The van der Waals surface area contributed by atoms with Crippen LogP contribution in [0.3, 0.4) is 0 Å². The van der Waals surface area contributed by atoms with Crippen LogP contribution in [-0.2, 0) is 0 Å². The summed E-state index contributed by atoms with van der Waals surface area (Å²) in [6, 6.07) is 7.44. The highest BCUT2D eigenvalue weighted by Gasteiger charge is 2.33. The fraction of sp³-hybridized carbons (Fsp3) is 0.471. The zero-order valence-corrected chi connectivity index (χ0v) is 12.2. The first-order valence-corrected chi connectivity index (χ1v) is 6.84. The van der Waals surface area contributed by atoms with Gasteiger partial charge in [0.15, 0.2) is 5.78 Å². The molecule has 0 saturated carbocycles. The van der Waals surface area contributed by atoms with Crippen LogP contribution in [0.4, 0.5) is 0 Å². The Hall–Kier alpha value is -1.57. The molecule has 0 N–H and O–H groups in total. The topological polar surface area (TPSA) is 26.3 Å². The molecule has 2 heteroatoms. The summed E-state index contributed by atoms with van der Waals surface area (Å²) >= 11 is 0. The van der Waals surface area contributed by atoms with Crippen LogP contribution < -0.4 is 4.74 Å². The predicted molar refractivity (Wildman–Crippen MR) is 77.7 cm³/mol. The first-order valence-electron chi connectivity index (χ1n) is 6.84. The van der Waals surface area contributed by atoms with E-state index in [4.69, 9.17) is 4.74 Å². The maximum absolute atomic E-state index is 12.8. The Morgan fingerprint density at radius 2 is 2.05 bits per heavy atom. The summed E-state index contributed by atoms with van der Waals surface area (Å²) in [5.41, 5.74) is 2.93. The van der Waals surface area contributed by atoms with Crippen molar-refractivity contribution in [2.45, 2.75) is 40.0 Å². The van der Waals surface area contributed by atoms with Crippen molar-refractivity contribution >= 4 is 5.78 Å². The van der Waals surface area contributed by atoms with Gasteiger partial charge in [0, 0.05) is 11.1 Å². The molecule has 0 aliphatic heterocycles. The van der Waals surface area contributed by atoms with Crippen LogP contribution in [0, 0.1) is 5.41 Å². The van der Waals surface area contributed by atoms with Crippen molar-refractivity contribution in [2.75, 3.05) is 7.11 Å². The lowest BCUT2D eigenvalue weighted by molar-refractivity contribution is 0.0997. The molecule has 1 aliphatic rings. The monoisotopic (exact) mass is 258 g/mol. The highest BCUT2D eigenvalue weighted by molar-refractivity contribution is 6.10. The summed E-state index contributed by atoms with van der Waals surface area (Å²) in [7, 11) is 1.62. The van der Waals surface area contributed by atoms with Gasteiger partial charge in [-0.2, -0.15) is 0 Å². The van der Waals surface area contributed by atoms with Gasteiger partial charge in [0.05, 0.1) is 7.11 Å². The molecule has 0 fully saturated rings. The molecule has 1 aromatic carbocycles. The molecule has 2 nitrogen and oxygen atoms in total. The van der Waals surface area contributed by atoms with Crippen molar-refractivity contribution in [1.82, 2.24) is 0 Å². The van der Waals surface area contributed by atoms with E-state index >= 15 is 0 Å². The fourth-order valence-corrected chi connectivity index (χ4v) is 3.03. The minimum Gasteiger partial charge on any atom is -0.497 e. The van der Waals surface area contributed by atoms with Gasteiger partial charge in [0.25, 0.3) is 0 Å². The number of methoxy groups -OCH3 is 1. The number of benzene rings is 1. The van der Waals surface area contributed by atoms with Crippen LogP contribution in [0.1, 0.15) is 50.4 Å². The maximum atomic E-state index is 12.8. The fourth-order valence-electron chi connectivity index (χ4n) is 3.03. The summed E-state index contributed by atoms with van der Waals surface area (Å²) in [5, 5.41) is 0. The molecule has 1 aromatic rings. The average molecular weight is 258 g/mol. The molecular weight excluding hydrogens is 236 g/mol. The Labute approximate surface area is 115 Å². The normalized spacial score (nSPS) is 18.3. The van der Waals surface area contributed by atoms with Crippen molar-refractivity contribution in [3.05, 3.63) is 41.0 Å². The highest BCUT2D eigenvalue weighted by atomic mass is 16.5. The van der Waals surface area contributed by atoms with Gasteiger partial charge in [-0.3, -0.25) is 4.79 Å². The minimum absolute atomic E-state index is 0.0253. The summed E-state index contributed by atoms with van der Waals surface area (Å²) in [6.45, 7) is 6.43. The number of carbonyl (C=O) groups is 1. The number of ketones is 1. The number of carbonyl (C=O) groups excluding carboxylic acids is 1. The lowest BCUT2D eigenvalue weighted by atomic mass is 9.70. The Morgan fingerprint density at radius 1 is 1.32 bits per heavy atom. The first-order chi connectivity index (χ1) is 8.95. The third-order valence-electron chi connectivity index (χ3n) is 4.02. The van der Waals surface area contributed by atoms with Crippen LogP contribution in [0.15, 0.2) is 35.4 Å². The number of Topliss-reactive ketones (excluding diaryl/α,β-unsaturated/α-hetero) is 1. The molecule has 0 aromatic heterocycles. The minimum atomic E-state index is -0.0253. The Kier molecular flexibility index (Phi) is 3.79. The number of hydrogen-bond donors (Lipinski definition) is 0. The van der Waals surface area contributed by atoms with E-state index in [1.165, 1.54) is 12.0 Å². The Morgan fingerprint density at radius 3 is 2.68 bits per heavy atom. The average Bonchev–Trinajstić information content (AvgIpc) is 2.37. The van der Waals surface area contributed by atoms with E-state index < -0.39 is 0 Å². The van der Waals surface area contributed by atoms with Gasteiger partial charge in [-0.05, 0) is 43.7 Å². The molecule has 0 bridgehead atoms. The van der Waals surface area contributed by atoms with Gasteiger partial charge < -0.3 is 4.74 Å². The quantitative estimate of drug-likeness (QED) is 0.751. The molecule has 0 radical (unpaired) electrons. The molecule has 0 spiro atoms. The highest BCUT2D eigenvalue weighted by Crippen LogP contribution is 2.41. The summed E-state index contributed by atoms with van der Waals surface area (Å²) in [6.07, 6.45) is 3.29. The Balaban J connectivity index is 2.42. The van der Waals surface area contributed by atoms with Crippen LogP contribution in [0.5, 0.6) is 5.75 Å². The number of allylic oxidation sites excluding steroid dienone is 2. The van der Waals surface area contributed by atoms with Crippen molar-refractivity contribution in [1.29, 1.82) is 0 Å². The standard InChI is InChI=1S/C17H22O2/c1-12-7-6-10-17(2,3)15(12)16(18)13-8-5-9-14(11-13)19-4/h5,8-9,11H,6-7,10H2,1-4H3. The number of hydrogen-bond acceptors (Lipinski definition) is 2. The Bertz CT molecular complexity index is 524. The zero-order valence-electron chi connectivity index (χ0n) is 12.2. The molecule has 0 saturated heterocycles. The van der Waals surface area contributed by atoms with Crippen molar-refractivity contribution in [3.63, 3.8) is 0 Å². The molecule has 0 heterocycles. The van der Waals surface area contributed by atoms with Crippen LogP contribution in [0.25, 0.3) is 0 Å². The van der Waals surface area contributed by atoms with Crippen molar-refractivity contribution in [3.8, 4) is 5.75 Å². The van der Waals surface area contributed by atoms with Crippen molar-refractivity contribution < 1.29 is 9.53 Å². The SMILES string of the molecule is COc1cccc(C(=O)C2=C(C)CCCC2(C)C)c1. The third kappa shape index (κ3) is 2.73. The first kappa shape index (κ1) is 13.9. The van der Waals surface area contributed by atoms with E-state index in [-0.39, 0.29) is 11.2 Å².